The van der Waals surface area contributed by atoms with Crippen molar-refractivity contribution in [3.63, 3.8) is 0 Å². The van der Waals surface area contributed by atoms with Gasteiger partial charge in [-0.15, -0.1) is 0 Å². The van der Waals surface area contributed by atoms with Gasteiger partial charge in [0.25, 0.3) is 0 Å². The summed E-state index contributed by atoms with van der Waals surface area (Å²) in [6.07, 6.45) is 6.24. The molecule has 1 heterocycles. The molecule has 0 saturated heterocycles. The molecule has 0 aromatic heterocycles. The third-order valence-corrected chi connectivity index (χ3v) is 3.87. The highest BCUT2D eigenvalue weighted by atomic mass is 16.5. The predicted molar refractivity (Wildman–Crippen MR) is 95.0 cm³/mol. The number of phenols is 3. The second-order valence-electron chi connectivity index (χ2n) is 6.36. The van der Waals surface area contributed by atoms with Crippen LogP contribution in [0.2, 0.25) is 0 Å². The van der Waals surface area contributed by atoms with Crippen LogP contribution in [0.25, 0.3) is 12.2 Å². The second-order valence-corrected chi connectivity index (χ2v) is 6.36. The van der Waals surface area contributed by atoms with Crippen molar-refractivity contribution >= 4 is 17.9 Å². The van der Waals surface area contributed by atoms with Crippen LogP contribution in [-0.2, 0) is 0 Å². The first-order valence-electron chi connectivity index (χ1n) is 7.75. The normalized spacial score (nSPS) is 15.0. The van der Waals surface area contributed by atoms with Crippen molar-refractivity contribution in [2.24, 2.45) is 0 Å². The molecule has 0 amide bonds. The summed E-state index contributed by atoms with van der Waals surface area (Å²) >= 11 is 0. The standard InChI is InChI=1S/C20H18O5/c1-20(2)10-9-14-17(25-20)11-16(23)18(19(14)24)15(22)8-5-12-3-6-13(21)7-4-12/h3-11,21,23-24H,1-2H3. The second kappa shape index (κ2) is 6.02. The van der Waals surface area contributed by atoms with Crippen LogP contribution in [-0.4, -0.2) is 26.7 Å². The van der Waals surface area contributed by atoms with E-state index in [1.54, 1.807) is 24.3 Å². The van der Waals surface area contributed by atoms with Gasteiger partial charge in [0.15, 0.2) is 5.78 Å². The number of ether oxygens (including phenoxy) is 1. The maximum Gasteiger partial charge on any atom is 0.193 e. The molecular formula is C20H18O5. The zero-order valence-corrected chi connectivity index (χ0v) is 13.9. The third-order valence-electron chi connectivity index (χ3n) is 3.87. The molecule has 5 heteroatoms. The topological polar surface area (TPSA) is 87.0 Å². The van der Waals surface area contributed by atoms with E-state index in [9.17, 15) is 20.1 Å². The smallest absolute Gasteiger partial charge is 0.193 e. The van der Waals surface area contributed by atoms with Crippen LogP contribution < -0.4 is 4.74 Å². The zero-order valence-electron chi connectivity index (χ0n) is 13.9. The Kier molecular flexibility index (Phi) is 4.00. The summed E-state index contributed by atoms with van der Waals surface area (Å²) < 4.78 is 5.70. The lowest BCUT2D eigenvalue weighted by atomic mass is 9.97. The van der Waals surface area contributed by atoms with Gasteiger partial charge in [0.2, 0.25) is 0 Å². The van der Waals surface area contributed by atoms with E-state index >= 15 is 0 Å². The number of phenolic OH excluding ortho intramolecular Hbond substituents is 3. The molecule has 128 valence electrons. The molecule has 0 bridgehead atoms. The average Bonchev–Trinajstić information content (AvgIpc) is 2.53. The van der Waals surface area contributed by atoms with Gasteiger partial charge in [0.1, 0.15) is 34.2 Å². The van der Waals surface area contributed by atoms with Gasteiger partial charge in [-0.2, -0.15) is 0 Å². The number of hydrogen-bond acceptors (Lipinski definition) is 5. The van der Waals surface area contributed by atoms with Gasteiger partial charge in [0.05, 0.1) is 5.56 Å². The van der Waals surface area contributed by atoms with E-state index in [1.165, 1.54) is 30.4 Å². The molecule has 0 fully saturated rings. The Balaban J connectivity index is 1.95. The molecule has 5 nitrogen and oxygen atoms in total. The van der Waals surface area contributed by atoms with Crippen molar-refractivity contribution < 1.29 is 24.9 Å². The summed E-state index contributed by atoms with van der Waals surface area (Å²) in [7, 11) is 0. The zero-order chi connectivity index (χ0) is 18.2. The summed E-state index contributed by atoms with van der Waals surface area (Å²) in [4.78, 5) is 12.4. The first-order valence-corrected chi connectivity index (χ1v) is 7.75. The minimum absolute atomic E-state index is 0.128. The van der Waals surface area contributed by atoms with Gasteiger partial charge in [-0.3, -0.25) is 4.79 Å². The number of hydrogen-bond donors (Lipinski definition) is 3. The Morgan fingerprint density at radius 1 is 1.12 bits per heavy atom. The molecule has 0 atom stereocenters. The van der Waals surface area contributed by atoms with Crippen molar-refractivity contribution in [3.8, 4) is 23.0 Å². The summed E-state index contributed by atoms with van der Waals surface area (Å²) in [5, 5.41) is 29.8. The monoisotopic (exact) mass is 338 g/mol. The quantitative estimate of drug-likeness (QED) is 0.584. The maximum atomic E-state index is 12.4. The molecule has 0 saturated carbocycles. The number of allylic oxidation sites excluding steroid dienone is 1. The number of rotatable bonds is 3. The Bertz CT molecular complexity index is 889. The van der Waals surface area contributed by atoms with E-state index in [1.807, 2.05) is 13.8 Å². The van der Waals surface area contributed by atoms with Crippen molar-refractivity contribution in [3.05, 3.63) is 59.2 Å². The molecule has 25 heavy (non-hydrogen) atoms. The Labute approximate surface area is 145 Å². The highest BCUT2D eigenvalue weighted by Gasteiger charge is 2.27. The van der Waals surface area contributed by atoms with Crippen LogP contribution in [0.4, 0.5) is 0 Å². The summed E-state index contributed by atoms with van der Waals surface area (Å²) in [5.74, 6) is -0.751. The van der Waals surface area contributed by atoms with Gasteiger partial charge in [-0.25, -0.2) is 0 Å². The average molecular weight is 338 g/mol. The minimum atomic E-state index is -0.559. The number of carbonyl (C=O) groups is 1. The fraction of sp³-hybridized carbons (Fsp3) is 0.150. The van der Waals surface area contributed by atoms with E-state index < -0.39 is 11.4 Å². The van der Waals surface area contributed by atoms with Crippen molar-refractivity contribution in [1.82, 2.24) is 0 Å². The van der Waals surface area contributed by atoms with E-state index in [0.29, 0.717) is 16.9 Å². The van der Waals surface area contributed by atoms with Crippen LogP contribution in [0.1, 0.15) is 35.3 Å². The lowest BCUT2D eigenvalue weighted by Crippen LogP contribution is -2.27. The van der Waals surface area contributed by atoms with Gasteiger partial charge in [0, 0.05) is 6.07 Å². The molecule has 3 rings (SSSR count). The Hall–Kier alpha value is -3.21. The summed E-state index contributed by atoms with van der Waals surface area (Å²) in [6.45, 7) is 3.69. The molecule has 2 aromatic rings. The fourth-order valence-corrected chi connectivity index (χ4v) is 2.58. The van der Waals surface area contributed by atoms with E-state index in [4.69, 9.17) is 4.74 Å². The van der Waals surface area contributed by atoms with Crippen LogP contribution in [0, 0.1) is 0 Å². The lowest BCUT2D eigenvalue weighted by Gasteiger charge is -2.28. The van der Waals surface area contributed by atoms with Gasteiger partial charge in [-0.1, -0.05) is 18.2 Å². The molecule has 0 spiro atoms. The number of carbonyl (C=O) groups excluding carboxylic acids is 1. The molecule has 0 unspecified atom stereocenters. The number of fused-ring (bicyclic) bond motifs is 1. The number of ketones is 1. The number of aromatic hydroxyl groups is 3. The van der Waals surface area contributed by atoms with E-state index in [2.05, 4.69) is 0 Å². The first kappa shape index (κ1) is 16.6. The lowest BCUT2D eigenvalue weighted by molar-refractivity contribution is 0.104. The number of benzene rings is 2. The Morgan fingerprint density at radius 3 is 2.48 bits per heavy atom. The highest BCUT2D eigenvalue weighted by Crippen LogP contribution is 2.43. The van der Waals surface area contributed by atoms with Crippen molar-refractivity contribution in [1.29, 1.82) is 0 Å². The van der Waals surface area contributed by atoms with Crippen molar-refractivity contribution in [2.75, 3.05) is 0 Å². The van der Waals surface area contributed by atoms with Crippen molar-refractivity contribution in [2.45, 2.75) is 19.4 Å². The predicted octanol–water partition coefficient (Wildman–Crippen LogP) is 3.88. The fourth-order valence-electron chi connectivity index (χ4n) is 2.58. The van der Waals surface area contributed by atoms with Crippen LogP contribution in [0.3, 0.4) is 0 Å². The summed E-state index contributed by atoms with van der Waals surface area (Å²) in [6, 6.07) is 7.63. The molecule has 0 radical (unpaired) electrons. The van der Waals surface area contributed by atoms with Crippen LogP contribution in [0.15, 0.2) is 42.5 Å². The van der Waals surface area contributed by atoms with Crippen LogP contribution in [0.5, 0.6) is 23.0 Å². The third kappa shape index (κ3) is 3.35. The molecule has 1 aliphatic rings. The van der Waals surface area contributed by atoms with E-state index in [-0.39, 0.29) is 22.8 Å². The SMILES string of the molecule is CC1(C)C=Cc2c(cc(O)c(C(=O)C=Cc3ccc(O)cc3)c2O)O1. The minimum Gasteiger partial charge on any atom is -0.508 e. The first-order chi connectivity index (χ1) is 11.8. The van der Waals surface area contributed by atoms with Crippen LogP contribution >= 0.6 is 0 Å². The van der Waals surface area contributed by atoms with E-state index in [0.717, 1.165) is 0 Å². The molecule has 0 aliphatic carbocycles. The van der Waals surface area contributed by atoms with Gasteiger partial charge < -0.3 is 20.1 Å². The molecule has 2 aromatic carbocycles. The summed E-state index contributed by atoms with van der Waals surface area (Å²) in [5.41, 5.74) is 0.323. The van der Waals surface area contributed by atoms with Gasteiger partial charge >= 0.3 is 0 Å². The highest BCUT2D eigenvalue weighted by molar-refractivity contribution is 6.11. The maximum absolute atomic E-state index is 12.4. The largest absolute Gasteiger partial charge is 0.508 e. The molecule has 3 N–H and O–H groups in total. The molecule has 1 aliphatic heterocycles. The Morgan fingerprint density at radius 2 is 1.80 bits per heavy atom. The molecular weight excluding hydrogens is 320 g/mol. The van der Waals surface area contributed by atoms with Gasteiger partial charge in [-0.05, 0) is 49.8 Å².